The van der Waals surface area contributed by atoms with Crippen LogP contribution in [0.15, 0.2) is 22.8 Å². The number of amides is 2. The molecule has 0 aromatic carbocycles. The Balaban J connectivity index is 1.41. The number of rotatable bonds is 7. The van der Waals surface area contributed by atoms with Crippen molar-refractivity contribution in [2.45, 2.75) is 44.8 Å². The van der Waals surface area contributed by atoms with Gasteiger partial charge in [0.05, 0.1) is 24.8 Å². The molecule has 25 heavy (non-hydrogen) atoms. The molecule has 2 saturated heterocycles. The van der Waals surface area contributed by atoms with Crippen molar-refractivity contribution in [2.75, 3.05) is 26.2 Å². The predicted molar refractivity (Wildman–Crippen MR) is 90.5 cm³/mol. The quantitative estimate of drug-likeness (QED) is 0.758. The lowest BCUT2D eigenvalue weighted by molar-refractivity contribution is -0.138. The van der Waals surface area contributed by atoms with E-state index in [1.165, 1.54) is 12.8 Å². The molecule has 1 saturated carbocycles. The zero-order chi connectivity index (χ0) is 17.2. The van der Waals surface area contributed by atoms with E-state index in [9.17, 15) is 9.59 Å². The van der Waals surface area contributed by atoms with E-state index in [1.807, 2.05) is 21.9 Å². The highest BCUT2D eigenvalue weighted by Crippen LogP contribution is 2.32. The highest BCUT2D eigenvalue weighted by Gasteiger charge is 2.39. The minimum absolute atomic E-state index is 0.0542. The summed E-state index contributed by atoms with van der Waals surface area (Å²) in [5.74, 6) is 1.37. The van der Waals surface area contributed by atoms with Crippen LogP contribution in [0, 0.1) is 11.8 Å². The highest BCUT2D eigenvalue weighted by molar-refractivity contribution is 5.89. The molecule has 136 valence electrons. The van der Waals surface area contributed by atoms with Crippen LogP contribution in [0.1, 0.15) is 37.9 Å². The normalized spacial score (nSPS) is 26.4. The Kier molecular flexibility index (Phi) is 4.79. The molecule has 0 bridgehead atoms. The summed E-state index contributed by atoms with van der Waals surface area (Å²) in [7, 11) is 0. The topological polar surface area (TPSA) is 63.0 Å². The van der Waals surface area contributed by atoms with Crippen molar-refractivity contribution < 1.29 is 18.7 Å². The summed E-state index contributed by atoms with van der Waals surface area (Å²) in [4.78, 5) is 29.1. The molecule has 2 aliphatic heterocycles. The molecular weight excluding hydrogens is 320 g/mol. The largest absolute Gasteiger partial charge is 0.467 e. The number of carbonyl (C=O) groups is 2. The summed E-state index contributed by atoms with van der Waals surface area (Å²) in [6.45, 7) is 3.18. The van der Waals surface area contributed by atoms with Gasteiger partial charge in [0.15, 0.2) is 0 Å². The van der Waals surface area contributed by atoms with Crippen molar-refractivity contribution in [3.63, 3.8) is 0 Å². The molecule has 4 rings (SSSR count). The summed E-state index contributed by atoms with van der Waals surface area (Å²) < 4.78 is 11.1. The van der Waals surface area contributed by atoms with E-state index in [0.29, 0.717) is 32.0 Å². The van der Waals surface area contributed by atoms with E-state index in [1.54, 1.807) is 6.26 Å². The first-order chi connectivity index (χ1) is 12.2. The van der Waals surface area contributed by atoms with Crippen LogP contribution in [0.25, 0.3) is 0 Å². The van der Waals surface area contributed by atoms with E-state index in [4.69, 9.17) is 9.15 Å². The molecule has 0 spiro atoms. The summed E-state index contributed by atoms with van der Waals surface area (Å²) in [5, 5.41) is 0. The van der Waals surface area contributed by atoms with Gasteiger partial charge in [-0.05, 0) is 43.7 Å². The number of carbonyl (C=O) groups excluding carboxylic acids is 2. The van der Waals surface area contributed by atoms with Crippen LogP contribution in [0.5, 0.6) is 0 Å². The van der Waals surface area contributed by atoms with Gasteiger partial charge in [-0.2, -0.15) is 0 Å². The van der Waals surface area contributed by atoms with Gasteiger partial charge in [0.25, 0.3) is 0 Å². The van der Waals surface area contributed by atoms with Gasteiger partial charge < -0.3 is 19.0 Å². The Morgan fingerprint density at radius 1 is 1.32 bits per heavy atom. The van der Waals surface area contributed by atoms with Crippen molar-refractivity contribution >= 4 is 11.8 Å². The highest BCUT2D eigenvalue weighted by atomic mass is 16.5. The number of furan rings is 1. The van der Waals surface area contributed by atoms with Crippen molar-refractivity contribution in [3.05, 3.63) is 24.2 Å². The molecule has 6 nitrogen and oxygen atoms in total. The number of nitrogens with zero attached hydrogens (tertiary/aromatic N) is 2. The number of likely N-dealkylation sites (tertiary alicyclic amines) is 1. The van der Waals surface area contributed by atoms with Crippen LogP contribution in [0.4, 0.5) is 0 Å². The minimum atomic E-state index is -0.234. The van der Waals surface area contributed by atoms with Gasteiger partial charge in [-0.25, -0.2) is 0 Å². The third-order valence-electron chi connectivity index (χ3n) is 5.43. The Morgan fingerprint density at radius 3 is 2.88 bits per heavy atom. The Bertz CT molecular complexity index is 605. The van der Waals surface area contributed by atoms with E-state index >= 15 is 0 Å². The lowest BCUT2D eigenvalue weighted by atomic mass is 10.1. The third kappa shape index (κ3) is 4.06. The lowest BCUT2D eigenvalue weighted by Crippen LogP contribution is -2.41. The molecule has 0 N–H and O–H groups in total. The molecule has 3 fully saturated rings. The molecule has 1 aromatic rings. The first kappa shape index (κ1) is 16.6. The van der Waals surface area contributed by atoms with Gasteiger partial charge in [0.1, 0.15) is 5.76 Å². The average molecular weight is 346 g/mol. The van der Waals surface area contributed by atoms with E-state index in [0.717, 1.165) is 31.8 Å². The second-order valence-electron chi connectivity index (χ2n) is 7.58. The summed E-state index contributed by atoms with van der Waals surface area (Å²) in [6, 6.07) is 3.72. The minimum Gasteiger partial charge on any atom is -0.467 e. The maximum Gasteiger partial charge on any atom is 0.228 e. The van der Waals surface area contributed by atoms with Crippen LogP contribution in [0.2, 0.25) is 0 Å². The number of hydrogen-bond acceptors (Lipinski definition) is 4. The predicted octanol–water partition coefficient (Wildman–Crippen LogP) is 2.05. The smallest absolute Gasteiger partial charge is 0.228 e. The summed E-state index contributed by atoms with van der Waals surface area (Å²) in [6.07, 6.45) is 6.52. The van der Waals surface area contributed by atoms with Crippen LogP contribution < -0.4 is 0 Å². The zero-order valence-electron chi connectivity index (χ0n) is 14.6. The molecule has 2 amide bonds. The van der Waals surface area contributed by atoms with Crippen LogP contribution in [-0.2, 0) is 20.9 Å². The summed E-state index contributed by atoms with van der Waals surface area (Å²) >= 11 is 0. The van der Waals surface area contributed by atoms with Crippen molar-refractivity contribution in [1.29, 1.82) is 0 Å². The van der Waals surface area contributed by atoms with E-state index < -0.39 is 0 Å². The SMILES string of the molecule is O=C1CC(C(=O)N(Cc2ccco2)CC2CCCO2)CN1CC1CC1. The van der Waals surface area contributed by atoms with Gasteiger partial charge in [-0.3, -0.25) is 9.59 Å². The van der Waals surface area contributed by atoms with Gasteiger partial charge >= 0.3 is 0 Å². The van der Waals surface area contributed by atoms with Crippen LogP contribution in [0.3, 0.4) is 0 Å². The lowest BCUT2D eigenvalue weighted by Gasteiger charge is -2.27. The molecule has 0 radical (unpaired) electrons. The first-order valence-corrected chi connectivity index (χ1v) is 9.39. The fourth-order valence-corrected chi connectivity index (χ4v) is 3.84. The van der Waals surface area contributed by atoms with Gasteiger partial charge in [-0.15, -0.1) is 0 Å². The van der Waals surface area contributed by atoms with Crippen LogP contribution in [-0.4, -0.2) is 54.0 Å². The average Bonchev–Trinajstić information content (AvgIpc) is 2.99. The fourth-order valence-electron chi connectivity index (χ4n) is 3.84. The monoisotopic (exact) mass is 346 g/mol. The van der Waals surface area contributed by atoms with Gasteiger partial charge in [0.2, 0.25) is 11.8 Å². The molecule has 3 aliphatic rings. The third-order valence-corrected chi connectivity index (χ3v) is 5.43. The molecule has 2 unspecified atom stereocenters. The number of hydrogen-bond donors (Lipinski definition) is 0. The maximum atomic E-state index is 13.1. The van der Waals surface area contributed by atoms with Crippen molar-refractivity contribution in [2.24, 2.45) is 11.8 Å². The Morgan fingerprint density at radius 2 is 2.20 bits per heavy atom. The van der Waals surface area contributed by atoms with Crippen molar-refractivity contribution in [1.82, 2.24) is 9.80 Å². The zero-order valence-corrected chi connectivity index (χ0v) is 14.6. The molecule has 6 heteroatoms. The van der Waals surface area contributed by atoms with E-state index in [-0.39, 0.29) is 23.8 Å². The van der Waals surface area contributed by atoms with E-state index in [2.05, 4.69) is 0 Å². The molecule has 1 aromatic heterocycles. The molecule has 2 atom stereocenters. The Hall–Kier alpha value is -1.82. The number of ether oxygens (including phenoxy) is 1. The van der Waals surface area contributed by atoms with Crippen LogP contribution >= 0.6 is 0 Å². The van der Waals surface area contributed by atoms with Gasteiger partial charge in [0, 0.05) is 32.7 Å². The standard InChI is InChI=1S/C19H26N2O4/c22-18-9-15(11-20(18)10-14-5-6-14)19(23)21(12-16-3-1-7-24-16)13-17-4-2-8-25-17/h1,3,7,14-15,17H,2,4-6,8-13H2. The van der Waals surface area contributed by atoms with Gasteiger partial charge in [-0.1, -0.05) is 0 Å². The molecule has 3 heterocycles. The Labute approximate surface area is 148 Å². The first-order valence-electron chi connectivity index (χ1n) is 9.39. The van der Waals surface area contributed by atoms with Crippen molar-refractivity contribution in [3.8, 4) is 0 Å². The molecule has 1 aliphatic carbocycles. The molecular formula is C19H26N2O4. The second-order valence-corrected chi connectivity index (χ2v) is 7.58. The fraction of sp³-hybridized carbons (Fsp3) is 0.684. The summed E-state index contributed by atoms with van der Waals surface area (Å²) in [5.41, 5.74) is 0. The second kappa shape index (κ2) is 7.20. The maximum absolute atomic E-state index is 13.1.